The molecule has 0 aromatic carbocycles. The van der Waals surface area contributed by atoms with Crippen LogP contribution in [-0.2, 0) is 4.79 Å². The summed E-state index contributed by atoms with van der Waals surface area (Å²) < 4.78 is 0. The standard InChI is InChI=1S/C22H36N6O/c1-2-27-11-4-6-19(27)14-23-22(29)10-7-17-5-3-12-28(15-17)21-13-20(24-16-25-21)26-18-8-9-18/h13,16-19H,2-12,14-15H2,1H3,(H,23,29)(H,24,25,26)/t17-,19-/m0/s1. The molecule has 2 N–H and O–H groups in total. The molecule has 1 aromatic heterocycles. The van der Waals surface area contributed by atoms with Gasteiger partial charge in [0.2, 0.25) is 5.91 Å². The molecule has 7 nitrogen and oxygen atoms in total. The van der Waals surface area contributed by atoms with Gasteiger partial charge < -0.3 is 15.5 Å². The van der Waals surface area contributed by atoms with Crippen LogP contribution in [0.25, 0.3) is 0 Å². The highest BCUT2D eigenvalue weighted by Gasteiger charge is 2.25. The van der Waals surface area contributed by atoms with Crippen molar-refractivity contribution >= 4 is 17.5 Å². The maximum absolute atomic E-state index is 12.4. The quantitative estimate of drug-likeness (QED) is 0.664. The lowest BCUT2D eigenvalue weighted by Gasteiger charge is -2.33. The second kappa shape index (κ2) is 9.74. The highest BCUT2D eigenvalue weighted by atomic mass is 16.1. The normalized spacial score (nSPS) is 25.2. The zero-order chi connectivity index (χ0) is 20.1. The van der Waals surface area contributed by atoms with Gasteiger partial charge in [0.05, 0.1) is 0 Å². The molecule has 7 heteroatoms. The van der Waals surface area contributed by atoms with Crippen LogP contribution in [0.5, 0.6) is 0 Å². The van der Waals surface area contributed by atoms with E-state index in [9.17, 15) is 4.79 Å². The van der Waals surface area contributed by atoms with Crippen molar-refractivity contribution in [3.05, 3.63) is 12.4 Å². The monoisotopic (exact) mass is 400 g/mol. The summed E-state index contributed by atoms with van der Waals surface area (Å²) in [5.74, 6) is 2.72. The zero-order valence-electron chi connectivity index (χ0n) is 17.8. The first-order valence-electron chi connectivity index (χ1n) is 11.6. The molecule has 1 aromatic rings. The van der Waals surface area contributed by atoms with E-state index in [1.807, 2.05) is 0 Å². The molecule has 1 aliphatic carbocycles. The number of carbonyl (C=O) groups is 1. The van der Waals surface area contributed by atoms with Gasteiger partial charge in [0.1, 0.15) is 18.0 Å². The van der Waals surface area contributed by atoms with Crippen LogP contribution in [0, 0.1) is 5.92 Å². The fraction of sp³-hybridized carbons (Fsp3) is 0.773. The van der Waals surface area contributed by atoms with Gasteiger partial charge in [-0.05, 0) is 64.0 Å². The van der Waals surface area contributed by atoms with E-state index in [0.29, 0.717) is 24.4 Å². The predicted octanol–water partition coefficient (Wildman–Crippen LogP) is 2.65. The third kappa shape index (κ3) is 5.81. The molecule has 0 unspecified atom stereocenters. The first kappa shape index (κ1) is 20.4. The van der Waals surface area contributed by atoms with E-state index in [1.165, 1.54) is 38.6 Å². The van der Waals surface area contributed by atoms with Crippen molar-refractivity contribution in [2.24, 2.45) is 5.92 Å². The molecule has 0 bridgehead atoms. The largest absolute Gasteiger partial charge is 0.367 e. The summed E-state index contributed by atoms with van der Waals surface area (Å²) >= 11 is 0. The van der Waals surface area contributed by atoms with Crippen molar-refractivity contribution in [3.8, 4) is 0 Å². The molecule has 1 amide bonds. The Morgan fingerprint density at radius 1 is 1.17 bits per heavy atom. The Labute approximate surface area is 174 Å². The Kier molecular flexibility index (Phi) is 6.85. The molecule has 3 fully saturated rings. The van der Waals surface area contributed by atoms with Crippen LogP contribution >= 0.6 is 0 Å². The summed E-state index contributed by atoms with van der Waals surface area (Å²) in [7, 11) is 0. The summed E-state index contributed by atoms with van der Waals surface area (Å²) in [6.45, 7) is 7.30. The molecule has 3 aliphatic rings. The zero-order valence-corrected chi connectivity index (χ0v) is 17.8. The number of anilines is 2. The second-order valence-electron chi connectivity index (χ2n) is 8.90. The lowest BCUT2D eigenvalue weighted by Crippen LogP contribution is -2.40. The van der Waals surface area contributed by atoms with Gasteiger partial charge in [0.25, 0.3) is 0 Å². The molecule has 2 saturated heterocycles. The van der Waals surface area contributed by atoms with Gasteiger partial charge >= 0.3 is 0 Å². The first-order valence-corrected chi connectivity index (χ1v) is 11.6. The third-order valence-corrected chi connectivity index (χ3v) is 6.64. The molecular formula is C22H36N6O. The van der Waals surface area contributed by atoms with Gasteiger partial charge in [-0.25, -0.2) is 9.97 Å². The molecule has 2 aliphatic heterocycles. The smallest absolute Gasteiger partial charge is 0.220 e. The topological polar surface area (TPSA) is 73.4 Å². The van der Waals surface area contributed by atoms with Crippen molar-refractivity contribution < 1.29 is 4.79 Å². The number of carbonyl (C=O) groups excluding carboxylic acids is 1. The number of piperidine rings is 1. The Hall–Kier alpha value is -1.89. The van der Waals surface area contributed by atoms with Gasteiger partial charge in [-0.2, -0.15) is 0 Å². The van der Waals surface area contributed by atoms with Gasteiger partial charge in [-0.3, -0.25) is 9.69 Å². The van der Waals surface area contributed by atoms with Crippen molar-refractivity contribution in [1.82, 2.24) is 20.2 Å². The Balaban J connectivity index is 1.21. The van der Waals surface area contributed by atoms with E-state index in [1.54, 1.807) is 6.33 Å². The molecule has 3 heterocycles. The van der Waals surface area contributed by atoms with Crippen LogP contribution in [0.15, 0.2) is 12.4 Å². The highest BCUT2D eigenvalue weighted by Crippen LogP contribution is 2.28. The summed E-state index contributed by atoms with van der Waals surface area (Å²) in [5, 5.41) is 6.64. The number of rotatable bonds is 9. The van der Waals surface area contributed by atoms with Crippen molar-refractivity contribution in [2.45, 2.75) is 70.4 Å². The minimum absolute atomic E-state index is 0.211. The Morgan fingerprint density at radius 2 is 2.03 bits per heavy atom. The van der Waals surface area contributed by atoms with Gasteiger partial charge in [0.15, 0.2) is 0 Å². The SMILES string of the molecule is CCN1CCC[C@H]1CNC(=O)CC[C@@H]1CCCN(c2cc(NC3CC3)ncn2)C1. The Bertz CT molecular complexity index is 679. The van der Waals surface area contributed by atoms with Crippen molar-refractivity contribution in [3.63, 3.8) is 0 Å². The molecule has 0 spiro atoms. The van der Waals surface area contributed by atoms with Gasteiger partial charge in [0, 0.05) is 44.2 Å². The van der Waals surface area contributed by atoms with Gasteiger partial charge in [-0.1, -0.05) is 6.92 Å². The van der Waals surface area contributed by atoms with Crippen molar-refractivity contribution in [2.75, 3.05) is 42.9 Å². The van der Waals surface area contributed by atoms with E-state index in [-0.39, 0.29) is 5.91 Å². The summed E-state index contributed by atoms with van der Waals surface area (Å²) in [4.78, 5) is 26.1. The predicted molar refractivity (Wildman–Crippen MR) is 116 cm³/mol. The fourth-order valence-electron chi connectivity index (χ4n) is 4.74. The van der Waals surface area contributed by atoms with E-state index >= 15 is 0 Å². The van der Waals surface area contributed by atoms with E-state index in [0.717, 1.165) is 50.7 Å². The number of aromatic nitrogens is 2. The van der Waals surface area contributed by atoms with Crippen LogP contribution < -0.4 is 15.5 Å². The third-order valence-electron chi connectivity index (χ3n) is 6.64. The lowest BCUT2D eigenvalue weighted by molar-refractivity contribution is -0.121. The molecule has 0 radical (unpaired) electrons. The molecule has 2 atom stereocenters. The van der Waals surface area contributed by atoms with E-state index in [2.05, 4.69) is 43.4 Å². The molecule has 160 valence electrons. The number of hydrogen-bond acceptors (Lipinski definition) is 6. The van der Waals surface area contributed by atoms with Crippen LogP contribution in [-0.4, -0.2) is 65.6 Å². The number of amides is 1. The van der Waals surface area contributed by atoms with E-state index in [4.69, 9.17) is 0 Å². The number of likely N-dealkylation sites (tertiary alicyclic amines) is 1. The minimum Gasteiger partial charge on any atom is -0.367 e. The van der Waals surface area contributed by atoms with Crippen molar-refractivity contribution in [1.29, 1.82) is 0 Å². The van der Waals surface area contributed by atoms with E-state index < -0.39 is 0 Å². The Morgan fingerprint density at radius 3 is 2.86 bits per heavy atom. The fourth-order valence-corrected chi connectivity index (χ4v) is 4.74. The van der Waals surface area contributed by atoms with Crippen LogP contribution in [0.3, 0.4) is 0 Å². The summed E-state index contributed by atoms with van der Waals surface area (Å²) in [5.41, 5.74) is 0. The minimum atomic E-state index is 0.211. The summed E-state index contributed by atoms with van der Waals surface area (Å²) in [6.07, 6.45) is 10.6. The number of nitrogens with zero attached hydrogens (tertiary/aromatic N) is 4. The highest BCUT2D eigenvalue weighted by molar-refractivity contribution is 5.75. The molecule has 1 saturated carbocycles. The maximum Gasteiger partial charge on any atom is 0.220 e. The number of hydrogen-bond donors (Lipinski definition) is 2. The van der Waals surface area contributed by atoms with Crippen LogP contribution in [0.2, 0.25) is 0 Å². The molecular weight excluding hydrogens is 364 g/mol. The number of likely N-dealkylation sites (N-methyl/N-ethyl adjacent to an activating group) is 1. The first-order chi connectivity index (χ1) is 14.2. The average Bonchev–Trinajstić information content (AvgIpc) is 3.44. The van der Waals surface area contributed by atoms with Crippen LogP contribution in [0.1, 0.15) is 58.3 Å². The summed E-state index contributed by atoms with van der Waals surface area (Å²) in [6, 6.07) is 3.21. The van der Waals surface area contributed by atoms with Crippen LogP contribution in [0.4, 0.5) is 11.6 Å². The maximum atomic E-state index is 12.4. The average molecular weight is 401 g/mol. The lowest BCUT2D eigenvalue weighted by atomic mass is 9.93. The van der Waals surface area contributed by atoms with Gasteiger partial charge in [-0.15, -0.1) is 0 Å². The molecule has 4 rings (SSSR count). The number of nitrogens with one attached hydrogen (secondary N) is 2. The second-order valence-corrected chi connectivity index (χ2v) is 8.90. The molecule has 29 heavy (non-hydrogen) atoms.